The molecule has 0 bridgehead atoms. The van der Waals surface area contributed by atoms with Crippen molar-refractivity contribution in [2.45, 2.75) is 32.2 Å². The van der Waals surface area contributed by atoms with Crippen molar-refractivity contribution in [2.24, 2.45) is 11.8 Å². The Morgan fingerprint density at radius 3 is 2.73 bits per heavy atom. The Kier molecular flexibility index (Phi) is 6.18. The second-order valence-electron chi connectivity index (χ2n) is 8.94. The van der Waals surface area contributed by atoms with Gasteiger partial charge in [-0.2, -0.15) is 0 Å². The first-order valence-corrected chi connectivity index (χ1v) is 12.4. The zero-order valence-corrected chi connectivity index (χ0v) is 19.5. The van der Waals surface area contributed by atoms with Crippen LogP contribution in [0.2, 0.25) is 0 Å². The van der Waals surface area contributed by atoms with Crippen LogP contribution in [0.1, 0.15) is 34.9 Å². The highest BCUT2D eigenvalue weighted by atomic mass is 32.1. The van der Waals surface area contributed by atoms with Gasteiger partial charge in [0, 0.05) is 29.4 Å². The highest BCUT2D eigenvalue weighted by Gasteiger charge is 2.42. The van der Waals surface area contributed by atoms with Gasteiger partial charge in [-0.25, -0.2) is 0 Å². The number of benzene rings is 2. The molecule has 1 fully saturated rings. The van der Waals surface area contributed by atoms with Gasteiger partial charge in [0.1, 0.15) is 5.75 Å². The molecule has 1 saturated heterocycles. The van der Waals surface area contributed by atoms with Crippen LogP contribution < -0.4 is 15.0 Å². The van der Waals surface area contributed by atoms with Crippen LogP contribution >= 0.6 is 11.3 Å². The molecule has 6 heteroatoms. The number of piperidine rings is 1. The van der Waals surface area contributed by atoms with Gasteiger partial charge in [0.25, 0.3) is 0 Å². The first kappa shape index (κ1) is 21.7. The topological polar surface area (TPSA) is 58.6 Å². The highest BCUT2D eigenvalue weighted by Crippen LogP contribution is 2.41. The van der Waals surface area contributed by atoms with Gasteiger partial charge in [0.15, 0.2) is 0 Å². The van der Waals surface area contributed by atoms with Gasteiger partial charge in [-0.1, -0.05) is 42.0 Å². The maximum absolute atomic E-state index is 13.4. The van der Waals surface area contributed by atoms with Crippen LogP contribution in [0, 0.1) is 18.8 Å². The van der Waals surface area contributed by atoms with Gasteiger partial charge >= 0.3 is 0 Å². The molecule has 1 aromatic heterocycles. The number of rotatable bonds is 5. The first-order valence-electron chi connectivity index (χ1n) is 11.5. The number of anilines is 1. The molecule has 2 aromatic carbocycles. The van der Waals surface area contributed by atoms with Crippen LogP contribution in [0.3, 0.4) is 0 Å². The Morgan fingerprint density at radius 1 is 1.12 bits per heavy atom. The van der Waals surface area contributed by atoms with E-state index in [1.807, 2.05) is 71.8 Å². The summed E-state index contributed by atoms with van der Waals surface area (Å²) in [4.78, 5) is 29.4. The molecular weight excluding hydrogens is 432 g/mol. The molecular formula is C27H28N2O3S. The number of ether oxygens (including phenoxy) is 1. The zero-order valence-electron chi connectivity index (χ0n) is 18.7. The van der Waals surface area contributed by atoms with Gasteiger partial charge in [0.05, 0.1) is 18.6 Å². The molecule has 0 radical (unpaired) electrons. The van der Waals surface area contributed by atoms with Crippen LogP contribution in [0.25, 0.3) is 0 Å². The third-order valence-electron chi connectivity index (χ3n) is 6.60. The zero-order chi connectivity index (χ0) is 22.8. The Morgan fingerprint density at radius 2 is 1.94 bits per heavy atom. The van der Waals surface area contributed by atoms with E-state index in [2.05, 4.69) is 11.4 Å². The molecule has 3 heterocycles. The van der Waals surface area contributed by atoms with E-state index in [0.717, 1.165) is 28.3 Å². The van der Waals surface area contributed by atoms with Gasteiger partial charge in [-0.05, 0) is 55.0 Å². The lowest BCUT2D eigenvalue weighted by Gasteiger charge is -2.40. The summed E-state index contributed by atoms with van der Waals surface area (Å²) < 4.78 is 5.89. The quantitative estimate of drug-likeness (QED) is 0.589. The monoisotopic (exact) mass is 460 g/mol. The summed E-state index contributed by atoms with van der Waals surface area (Å²) in [6.07, 6.45) is 1.82. The first-order chi connectivity index (χ1) is 16.1. The number of nitrogens with zero attached hydrogens (tertiary/aromatic N) is 1. The summed E-state index contributed by atoms with van der Waals surface area (Å²) >= 11 is 1.60. The average Bonchev–Trinajstić information content (AvgIpc) is 3.37. The smallest absolute Gasteiger partial charge is 0.227 e. The number of amides is 2. The molecule has 0 aliphatic carbocycles. The fraction of sp³-hybridized carbons (Fsp3) is 0.333. The Bertz CT molecular complexity index is 1130. The predicted molar refractivity (Wildman–Crippen MR) is 131 cm³/mol. The fourth-order valence-electron chi connectivity index (χ4n) is 4.86. The summed E-state index contributed by atoms with van der Waals surface area (Å²) in [6, 6.07) is 19.8. The highest BCUT2D eigenvalue weighted by molar-refractivity contribution is 7.10. The molecule has 2 aliphatic heterocycles. The molecule has 0 saturated carbocycles. The number of carbonyl (C=O) groups excluding carboxylic acids is 2. The second-order valence-corrected chi connectivity index (χ2v) is 9.92. The minimum atomic E-state index is -0.294. The maximum atomic E-state index is 13.4. The number of fused-ring (bicyclic) bond motifs is 1. The van der Waals surface area contributed by atoms with Crippen LogP contribution in [0.4, 0.5) is 5.69 Å². The average molecular weight is 461 g/mol. The molecule has 3 aromatic rings. The molecule has 0 spiro atoms. The lowest BCUT2D eigenvalue weighted by molar-refractivity contribution is -0.129. The van der Waals surface area contributed by atoms with Crippen molar-refractivity contribution >= 4 is 28.8 Å². The van der Waals surface area contributed by atoms with E-state index >= 15 is 0 Å². The van der Waals surface area contributed by atoms with Crippen molar-refractivity contribution in [3.05, 3.63) is 82.0 Å². The molecule has 5 rings (SSSR count). The van der Waals surface area contributed by atoms with Gasteiger partial charge in [-0.15, -0.1) is 11.3 Å². The van der Waals surface area contributed by atoms with E-state index in [-0.39, 0.29) is 29.7 Å². The summed E-state index contributed by atoms with van der Waals surface area (Å²) in [7, 11) is 0. The SMILES string of the molecule is Cc1ccc(N2C(=O)CCC(C(=O)NCC3COc4ccccc4C3)C2c2cccs2)cc1. The summed E-state index contributed by atoms with van der Waals surface area (Å²) in [5.74, 6) is 0.967. The number of hydrogen-bond donors (Lipinski definition) is 1. The molecule has 2 aliphatic rings. The lowest BCUT2D eigenvalue weighted by Crippen LogP contribution is -2.49. The normalized spacial score (nSPS) is 22.4. The van der Waals surface area contributed by atoms with Crippen LogP contribution in [0.15, 0.2) is 66.0 Å². The second kappa shape index (κ2) is 9.40. The standard InChI is InChI=1S/C27H28N2O3S/c1-18-8-10-21(11-9-18)29-25(30)13-12-22(26(29)24-7-4-14-33-24)27(31)28-16-19-15-20-5-2-3-6-23(20)32-17-19/h2-11,14,19,22,26H,12-13,15-17H2,1H3,(H,28,31). The number of thiophene rings is 1. The number of carbonyl (C=O) groups is 2. The van der Waals surface area contributed by atoms with Crippen molar-refractivity contribution in [1.29, 1.82) is 0 Å². The molecule has 3 atom stereocenters. The van der Waals surface area contributed by atoms with Gasteiger partial charge in [-0.3, -0.25) is 9.59 Å². The number of aryl methyl sites for hydroxylation is 1. The van der Waals surface area contributed by atoms with Crippen LogP contribution in [-0.4, -0.2) is 25.0 Å². The van der Waals surface area contributed by atoms with Crippen molar-refractivity contribution in [1.82, 2.24) is 5.32 Å². The summed E-state index contributed by atoms with van der Waals surface area (Å²) in [6.45, 7) is 3.20. The van der Waals surface area contributed by atoms with E-state index < -0.39 is 0 Å². The molecule has 33 heavy (non-hydrogen) atoms. The Balaban J connectivity index is 1.34. The minimum absolute atomic E-state index is 0.0110. The van der Waals surface area contributed by atoms with E-state index in [4.69, 9.17) is 4.74 Å². The molecule has 5 nitrogen and oxygen atoms in total. The number of para-hydroxylation sites is 1. The molecule has 3 unspecified atom stereocenters. The van der Waals surface area contributed by atoms with Crippen molar-refractivity contribution in [3.8, 4) is 5.75 Å². The largest absolute Gasteiger partial charge is 0.493 e. The molecule has 2 amide bonds. The summed E-state index contributed by atoms with van der Waals surface area (Å²) in [5, 5.41) is 5.20. The lowest BCUT2D eigenvalue weighted by atomic mass is 9.86. The van der Waals surface area contributed by atoms with E-state index in [1.54, 1.807) is 11.3 Å². The number of nitrogens with one attached hydrogen (secondary N) is 1. The fourth-order valence-corrected chi connectivity index (χ4v) is 5.74. The van der Waals surface area contributed by atoms with Crippen LogP contribution in [-0.2, 0) is 16.0 Å². The third kappa shape index (κ3) is 4.53. The Labute approximate surface area is 198 Å². The maximum Gasteiger partial charge on any atom is 0.227 e. The van der Waals surface area contributed by atoms with E-state index in [0.29, 0.717) is 26.0 Å². The molecule has 1 N–H and O–H groups in total. The van der Waals surface area contributed by atoms with Gasteiger partial charge < -0.3 is 15.0 Å². The molecule has 170 valence electrons. The summed E-state index contributed by atoms with van der Waals surface area (Å²) in [5.41, 5.74) is 3.17. The van der Waals surface area contributed by atoms with Crippen molar-refractivity contribution in [2.75, 3.05) is 18.1 Å². The van der Waals surface area contributed by atoms with E-state index in [9.17, 15) is 9.59 Å². The Hall–Kier alpha value is -3.12. The predicted octanol–water partition coefficient (Wildman–Crippen LogP) is 4.91. The van der Waals surface area contributed by atoms with Gasteiger partial charge in [0.2, 0.25) is 11.8 Å². The third-order valence-corrected chi connectivity index (χ3v) is 7.54. The van der Waals surface area contributed by atoms with Crippen LogP contribution in [0.5, 0.6) is 5.75 Å². The van der Waals surface area contributed by atoms with Crippen molar-refractivity contribution in [3.63, 3.8) is 0 Å². The van der Waals surface area contributed by atoms with Crippen molar-refractivity contribution < 1.29 is 14.3 Å². The number of hydrogen-bond acceptors (Lipinski definition) is 4. The minimum Gasteiger partial charge on any atom is -0.493 e. The van der Waals surface area contributed by atoms with E-state index in [1.165, 1.54) is 5.56 Å².